The predicted molar refractivity (Wildman–Crippen MR) is 137 cm³/mol. The lowest BCUT2D eigenvalue weighted by Crippen LogP contribution is -2.01. The van der Waals surface area contributed by atoms with Crippen molar-refractivity contribution in [3.63, 3.8) is 0 Å². The van der Waals surface area contributed by atoms with Crippen molar-refractivity contribution in [1.29, 1.82) is 0 Å². The summed E-state index contributed by atoms with van der Waals surface area (Å²) in [4.78, 5) is 4.32. The maximum atomic E-state index is 12.2. The molecule has 5 N–H and O–H groups in total. The molecule has 4 aromatic carbocycles. The van der Waals surface area contributed by atoms with Crippen molar-refractivity contribution in [2.75, 3.05) is 18.1 Å². The van der Waals surface area contributed by atoms with Gasteiger partial charge in [0, 0.05) is 27.2 Å². The molecule has 0 spiro atoms. The number of hydrogen-bond donors (Lipinski definition) is 3. The molecule has 0 aliphatic heterocycles. The van der Waals surface area contributed by atoms with Crippen molar-refractivity contribution in [3.8, 4) is 5.75 Å². The standard InChI is InChI=1S/C25H21N5O4S/c1-2-34-15-8-10-21-19(12-15)24(27)18-9-7-14(11-22(18)28-21)29-30-23-13-20(26)16-5-3-4-6-17(16)25(23)35(31,32)33/h3-13H,2,26H2,1H3,(H2,27,28)(H,31,32,33). The van der Waals surface area contributed by atoms with E-state index in [9.17, 15) is 13.0 Å². The number of benzene rings is 4. The van der Waals surface area contributed by atoms with Crippen molar-refractivity contribution in [2.24, 2.45) is 10.2 Å². The Morgan fingerprint density at radius 3 is 2.40 bits per heavy atom. The fourth-order valence-corrected chi connectivity index (χ4v) is 4.90. The van der Waals surface area contributed by atoms with Crippen molar-refractivity contribution in [1.82, 2.24) is 4.98 Å². The number of nitrogens with zero attached hydrogens (tertiary/aromatic N) is 3. The lowest BCUT2D eigenvalue weighted by Gasteiger charge is -2.10. The van der Waals surface area contributed by atoms with Crippen LogP contribution in [0.4, 0.5) is 22.7 Å². The van der Waals surface area contributed by atoms with E-state index in [1.807, 2.05) is 25.1 Å². The van der Waals surface area contributed by atoms with E-state index in [-0.39, 0.29) is 16.0 Å². The van der Waals surface area contributed by atoms with Gasteiger partial charge in [0.1, 0.15) is 16.3 Å². The Balaban J connectivity index is 1.62. The van der Waals surface area contributed by atoms with Crippen LogP contribution >= 0.6 is 0 Å². The van der Waals surface area contributed by atoms with E-state index in [1.165, 1.54) is 6.07 Å². The van der Waals surface area contributed by atoms with Gasteiger partial charge in [0.05, 0.1) is 29.0 Å². The van der Waals surface area contributed by atoms with Gasteiger partial charge in [0.2, 0.25) is 0 Å². The number of pyridine rings is 1. The van der Waals surface area contributed by atoms with Crippen LogP contribution in [0.1, 0.15) is 6.92 Å². The first-order valence-corrected chi connectivity index (χ1v) is 12.2. The van der Waals surface area contributed by atoms with Crippen LogP contribution in [0, 0.1) is 0 Å². The van der Waals surface area contributed by atoms with Crippen LogP contribution in [0.3, 0.4) is 0 Å². The van der Waals surface area contributed by atoms with Gasteiger partial charge in [-0.15, -0.1) is 5.11 Å². The van der Waals surface area contributed by atoms with Crippen LogP contribution in [0.5, 0.6) is 5.75 Å². The third kappa shape index (κ3) is 4.09. The zero-order valence-electron chi connectivity index (χ0n) is 18.6. The Kier molecular flexibility index (Phi) is 5.46. The Hall–Kier alpha value is -4.28. The Morgan fingerprint density at radius 2 is 1.66 bits per heavy atom. The van der Waals surface area contributed by atoms with Crippen molar-refractivity contribution >= 4 is 65.4 Å². The summed E-state index contributed by atoms with van der Waals surface area (Å²) in [5.74, 6) is 0.711. The Bertz CT molecular complexity index is 1770. The number of nitrogens with two attached hydrogens (primary N) is 2. The maximum absolute atomic E-state index is 12.2. The van der Waals surface area contributed by atoms with Gasteiger partial charge < -0.3 is 16.2 Å². The minimum Gasteiger partial charge on any atom is -0.494 e. The molecular formula is C25H21N5O4S. The summed E-state index contributed by atoms with van der Waals surface area (Å²) in [6.07, 6.45) is 0. The monoisotopic (exact) mass is 487 g/mol. The van der Waals surface area contributed by atoms with Crippen LogP contribution in [0.2, 0.25) is 0 Å². The molecule has 9 nitrogen and oxygen atoms in total. The van der Waals surface area contributed by atoms with Crippen molar-refractivity contribution in [3.05, 3.63) is 66.7 Å². The second-order valence-electron chi connectivity index (χ2n) is 7.87. The average Bonchev–Trinajstić information content (AvgIpc) is 2.82. The van der Waals surface area contributed by atoms with E-state index < -0.39 is 10.1 Å². The van der Waals surface area contributed by atoms with Crippen LogP contribution in [-0.4, -0.2) is 24.6 Å². The van der Waals surface area contributed by atoms with Gasteiger partial charge in [0.15, 0.2) is 0 Å². The molecule has 0 bridgehead atoms. The highest BCUT2D eigenvalue weighted by Crippen LogP contribution is 2.38. The second kappa shape index (κ2) is 8.49. The highest BCUT2D eigenvalue weighted by Gasteiger charge is 2.21. The van der Waals surface area contributed by atoms with Gasteiger partial charge in [-0.2, -0.15) is 13.5 Å². The predicted octanol–water partition coefficient (Wildman–Crippen LogP) is 5.77. The molecule has 0 aliphatic carbocycles. The first-order valence-electron chi connectivity index (χ1n) is 10.7. The molecule has 5 aromatic rings. The number of hydrogen-bond acceptors (Lipinski definition) is 8. The van der Waals surface area contributed by atoms with E-state index in [0.717, 1.165) is 10.8 Å². The third-order valence-electron chi connectivity index (χ3n) is 5.62. The minimum absolute atomic E-state index is 0.0711. The summed E-state index contributed by atoms with van der Waals surface area (Å²) < 4.78 is 39.8. The van der Waals surface area contributed by atoms with Crippen molar-refractivity contribution in [2.45, 2.75) is 11.8 Å². The molecule has 0 unspecified atom stereocenters. The van der Waals surface area contributed by atoms with Crippen molar-refractivity contribution < 1.29 is 17.7 Å². The van der Waals surface area contributed by atoms with Gasteiger partial charge >= 0.3 is 0 Å². The van der Waals surface area contributed by atoms with E-state index in [2.05, 4.69) is 15.2 Å². The van der Waals surface area contributed by atoms with Crippen LogP contribution < -0.4 is 16.2 Å². The molecule has 0 fully saturated rings. The Morgan fingerprint density at radius 1 is 0.886 bits per heavy atom. The number of anilines is 2. The SMILES string of the molecule is CCOc1ccc2nc3cc(N=Nc4cc(N)c5ccccc5c4S(=O)(=O)O)ccc3c(N)c2c1. The van der Waals surface area contributed by atoms with Gasteiger partial charge in [-0.3, -0.25) is 4.55 Å². The molecule has 0 amide bonds. The lowest BCUT2D eigenvalue weighted by molar-refractivity contribution is 0.340. The first-order chi connectivity index (χ1) is 16.8. The maximum Gasteiger partial charge on any atom is 0.297 e. The van der Waals surface area contributed by atoms with Gasteiger partial charge in [-0.25, -0.2) is 4.98 Å². The summed E-state index contributed by atoms with van der Waals surface area (Å²) in [7, 11) is -4.60. The third-order valence-corrected chi connectivity index (χ3v) is 6.57. The summed E-state index contributed by atoms with van der Waals surface area (Å²) in [5.41, 5.74) is 15.0. The highest BCUT2D eigenvalue weighted by atomic mass is 32.2. The minimum atomic E-state index is -4.60. The van der Waals surface area contributed by atoms with E-state index in [0.29, 0.717) is 45.8 Å². The molecule has 35 heavy (non-hydrogen) atoms. The topological polar surface area (TPSA) is 153 Å². The molecule has 1 aromatic heterocycles. The molecule has 0 radical (unpaired) electrons. The molecule has 0 atom stereocenters. The van der Waals surface area contributed by atoms with E-state index in [1.54, 1.807) is 42.5 Å². The highest BCUT2D eigenvalue weighted by molar-refractivity contribution is 7.86. The van der Waals surface area contributed by atoms with Gasteiger partial charge in [-0.05, 0) is 49.4 Å². The molecule has 10 heteroatoms. The molecule has 176 valence electrons. The van der Waals surface area contributed by atoms with Gasteiger partial charge in [0.25, 0.3) is 10.1 Å². The number of nitrogen functional groups attached to an aromatic ring is 2. The molecule has 0 aliphatic rings. The zero-order valence-corrected chi connectivity index (χ0v) is 19.5. The number of ether oxygens (including phenoxy) is 1. The summed E-state index contributed by atoms with van der Waals surface area (Å²) in [5, 5.41) is 10.6. The zero-order chi connectivity index (χ0) is 24.7. The van der Waals surface area contributed by atoms with Crippen LogP contribution in [-0.2, 0) is 10.1 Å². The normalized spacial score (nSPS) is 12.2. The lowest BCUT2D eigenvalue weighted by atomic mass is 10.1. The largest absolute Gasteiger partial charge is 0.494 e. The average molecular weight is 488 g/mol. The second-order valence-corrected chi connectivity index (χ2v) is 9.23. The van der Waals surface area contributed by atoms with E-state index >= 15 is 0 Å². The van der Waals surface area contributed by atoms with E-state index in [4.69, 9.17) is 16.2 Å². The number of aromatic nitrogens is 1. The fraction of sp³-hybridized carbons (Fsp3) is 0.0800. The fourth-order valence-electron chi connectivity index (χ4n) is 4.08. The summed E-state index contributed by atoms with van der Waals surface area (Å²) in [6.45, 7) is 2.45. The summed E-state index contributed by atoms with van der Waals surface area (Å²) in [6, 6.07) is 18.7. The smallest absolute Gasteiger partial charge is 0.297 e. The number of fused-ring (bicyclic) bond motifs is 3. The summed E-state index contributed by atoms with van der Waals surface area (Å²) >= 11 is 0. The quantitative estimate of drug-likeness (QED) is 0.123. The van der Waals surface area contributed by atoms with Gasteiger partial charge in [-0.1, -0.05) is 24.3 Å². The molecular weight excluding hydrogens is 466 g/mol. The molecule has 5 rings (SSSR count). The molecule has 0 saturated heterocycles. The molecule has 1 heterocycles. The molecule has 0 saturated carbocycles. The van der Waals surface area contributed by atoms with Crippen LogP contribution in [0.25, 0.3) is 32.6 Å². The first kappa shape index (κ1) is 22.5. The number of azo groups is 1. The Labute approximate surface area is 200 Å². The van der Waals surface area contributed by atoms with Crippen LogP contribution in [0.15, 0.2) is 81.9 Å². The number of rotatable bonds is 5.